The molecule has 0 radical (unpaired) electrons. The van der Waals surface area contributed by atoms with E-state index in [0.717, 1.165) is 29.1 Å². The van der Waals surface area contributed by atoms with E-state index in [2.05, 4.69) is 59.9 Å². The van der Waals surface area contributed by atoms with E-state index in [9.17, 15) is 4.79 Å². The van der Waals surface area contributed by atoms with Crippen LogP contribution in [0.15, 0.2) is 73.4 Å². The second-order valence-electron chi connectivity index (χ2n) is 7.42. The normalized spacial score (nSPS) is 10.6. The van der Waals surface area contributed by atoms with Crippen LogP contribution < -0.4 is 5.32 Å². The summed E-state index contributed by atoms with van der Waals surface area (Å²) in [5.74, 6) is 0. The molecule has 2 aromatic carbocycles. The molecule has 0 saturated heterocycles. The highest BCUT2D eigenvalue weighted by Gasteiger charge is 2.16. The smallest absolute Gasteiger partial charge is 0.322 e. The number of anilines is 1. The lowest BCUT2D eigenvalue weighted by Gasteiger charge is -2.24. The summed E-state index contributed by atoms with van der Waals surface area (Å²) in [5, 5.41) is 3.08. The largest absolute Gasteiger partial charge is 0.345 e. The number of aryl methyl sites for hydroxylation is 3. The molecule has 1 N–H and O–H groups in total. The number of urea groups is 1. The third kappa shape index (κ3) is 4.96. The molecular weight excluding hydrogens is 358 g/mol. The van der Waals surface area contributed by atoms with Crippen molar-refractivity contribution in [3.8, 4) is 0 Å². The summed E-state index contributed by atoms with van der Waals surface area (Å²) in [5.41, 5.74) is 6.62. The van der Waals surface area contributed by atoms with Crippen LogP contribution >= 0.6 is 0 Å². The van der Waals surface area contributed by atoms with Gasteiger partial charge in [-0.05, 0) is 55.2 Å². The van der Waals surface area contributed by atoms with Gasteiger partial charge in [0, 0.05) is 30.7 Å². The quantitative estimate of drug-likeness (QED) is 0.520. The first kappa shape index (κ1) is 20.5. The van der Waals surface area contributed by atoms with Gasteiger partial charge in [-0.15, -0.1) is 6.58 Å². The van der Waals surface area contributed by atoms with Gasteiger partial charge in [-0.3, -0.25) is 0 Å². The molecule has 4 nitrogen and oxygen atoms in total. The van der Waals surface area contributed by atoms with Crippen LogP contribution in [0.2, 0.25) is 0 Å². The van der Waals surface area contributed by atoms with E-state index in [1.807, 2.05) is 38.1 Å². The minimum atomic E-state index is -0.119. The van der Waals surface area contributed by atoms with Crippen LogP contribution in [0, 0.1) is 20.8 Å². The predicted molar refractivity (Wildman–Crippen MR) is 120 cm³/mol. The molecule has 0 bridgehead atoms. The van der Waals surface area contributed by atoms with Crippen molar-refractivity contribution in [3.05, 3.63) is 101 Å². The number of para-hydroxylation sites is 1. The summed E-state index contributed by atoms with van der Waals surface area (Å²) in [6, 6.07) is 18.4. The molecule has 0 spiro atoms. The zero-order chi connectivity index (χ0) is 20.8. The van der Waals surface area contributed by atoms with Crippen molar-refractivity contribution in [2.24, 2.45) is 0 Å². The zero-order valence-corrected chi connectivity index (χ0v) is 17.5. The lowest BCUT2D eigenvalue weighted by molar-refractivity contribution is 0.214. The van der Waals surface area contributed by atoms with Crippen LogP contribution in [0.5, 0.6) is 0 Å². The lowest BCUT2D eigenvalue weighted by Crippen LogP contribution is -2.35. The second kappa shape index (κ2) is 9.28. The average Bonchev–Trinajstić information content (AvgIpc) is 3.13. The van der Waals surface area contributed by atoms with Gasteiger partial charge in [-0.2, -0.15) is 0 Å². The van der Waals surface area contributed by atoms with E-state index in [1.165, 1.54) is 11.1 Å². The van der Waals surface area contributed by atoms with E-state index < -0.39 is 0 Å². The third-order valence-electron chi connectivity index (χ3n) is 5.23. The molecule has 0 saturated carbocycles. The number of rotatable bonds is 7. The van der Waals surface area contributed by atoms with Gasteiger partial charge in [0.15, 0.2) is 0 Å². The first-order valence-corrected chi connectivity index (χ1v) is 9.91. The van der Waals surface area contributed by atoms with Gasteiger partial charge in [0.25, 0.3) is 0 Å². The third-order valence-corrected chi connectivity index (χ3v) is 5.23. The van der Waals surface area contributed by atoms with Gasteiger partial charge in [-0.25, -0.2) is 4.79 Å². The summed E-state index contributed by atoms with van der Waals surface area (Å²) in [4.78, 5) is 14.8. The van der Waals surface area contributed by atoms with E-state index in [1.54, 1.807) is 11.0 Å². The average molecular weight is 388 g/mol. The molecule has 1 heterocycles. The molecule has 150 valence electrons. The highest BCUT2D eigenvalue weighted by Crippen LogP contribution is 2.20. The van der Waals surface area contributed by atoms with Crippen LogP contribution in [0.3, 0.4) is 0 Å². The summed E-state index contributed by atoms with van der Waals surface area (Å²) in [7, 11) is 0. The maximum absolute atomic E-state index is 13.0. The van der Waals surface area contributed by atoms with Crippen LogP contribution in [0.1, 0.15) is 27.9 Å². The van der Waals surface area contributed by atoms with Crippen molar-refractivity contribution in [2.75, 3.05) is 11.9 Å². The fourth-order valence-corrected chi connectivity index (χ4v) is 3.49. The van der Waals surface area contributed by atoms with Gasteiger partial charge >= 0.3 is 6.03 Å². The fraction of sp³-hybridized carbons (Fsp3) is 0.240. The molecule has 3 rings (SSSR count). The topological polar surface area (TPSA) is 37.3 Å². The Balaban J connectivity index is 1.78. The molecule has 3 aromatic rings. The van der Waals surface area contributed by atoms with E-state index in [0.29, 0.717) is 13.1 Å². The van der Waals surface area contributed by atoms with Crippen LogP contribution in [0.4, 0.5) is 10.5 Å². The SMILES string of the molecule is C=CCN(Cc1cccn1Cc1ccccc1C)C(=O)Nc1c(C)cccc1C. The maximum atomic E-state index is 13.0. The first-order chi connectivity index (χ1) is 14.0. The Hall–Kier alpha value is -3.27. The van der Waals surface area contributed by atoms with E-state index >= 15 is 0 Å². The first-order valence-electron chi connectivity index (χ1n) is 9.91. The summed E-state index contributed by atoms with van der Waals surface area (Å²) in [6.07, 6.45) is 3.83. The Bertz CT molecular complexity index is 983. The fourth-order valence-electron chi connectivity index (χ4n) is 3.49. The number of nitrogens with zero attached hydrogens (tertiary/aromatic N) is 2. The van der Waals surface area contributed by atoms with Crippen LogP contribution in [-0.2, 0) is 13.1 Å². The summed E-state index contributed by atoms with van der Waals surface area (Å²) >= 11 is 0. The van der Waals surface area contributed by atoms with E-state index in [-0.39, 0.29) is 6.03 Å². The highest BCUT2D eigenvalue weighted by molar-refractivity contribution is 5.91. The standard InChI is InChI=1S/C25H29N3O/c1-5-15-28(25(29)26-24-20(3)11-8-12-21(24)4)18-23-14-9-16-27(23)17-22-13-7-6-10-19(22)2/h5-14,16H,1,15,17-18H2,2-4H3,(H,26,29). The number of aromatic nitrogens is 1. The molecule has 0 atom stereocenters. The number of benzene rings is 2. The van der Waals surface area contributed by atoms with Crippen molar-refractivity contribution in [1.82, 2.24) is 9.47 Å². The molecule has 1 aromatic heterocycles. The highest BCUT2D eigenvalue weighted by atomic mass is 16.2. The molecule has 0 aliphatic carbocycles. The summed E-state index contributed by atoms with van der Waals surface area (Å²) < 4.78 is 2.20. The van der Waals surface area contributed by atoms with Gasteiger partial charge < -0.3 is 14.8 Å². The lowest BCUT2D eigenvalue weighted by atomic mass is 10.1. The van der Waals surface area contributed by atoms with Crippen molar-refractivity contribution >= 4 is 11.7 Å². The minimum absolute atomic E-state index is 0.119. The molecule has 0 unspecified atom stereocenters. The molecule has 0 aliphatic rings. The Kier molecular flexibility index (Phi) is 6.55. The predicted octanol–water partition coefficient (Wildman–Crippen LogP) is 5.68. The van der Waals surface area contributed by atoms with Gasteiger partial charge in [0.1, 0.15) is 0 Å². The van der Waals surface area contributed by atoms with Gasteiger partial charge in [0.2, 0.25) is 0 Å². The van der Waals surface area contributed by atoms with E-state index in [4.69, 9.17) is 0 Å². The monoisotopic (exact) mass is 387 g/mol. The van der Waals surface area contributed by atoms with Crippen LogP contribution in [0.25, 0.3) is 0 Å². The van der Waals surface area contributed by atoms with Crippen LogP contribution in [-0.4, -0.2) is 22.0 Å². The van der Waals surface area contributed by atoms with Gasteiger partial charge in [-0.1, -0.05) is 48.5 Å². The minimum Gasteiger partial charge on any atom is -0.345 e. The molecule has 4 heteroatoms. The van der Waals surface area contributed by atoms with Crippen molar-refractivity contribution in [1.29, 1.82) is 0 Å². The number of carbonyl (C=O) groups excluding carboxylic acids is 1. The summed E-state index contributed by atoms with van der Waals surface area (Å²) in [6.45, 7) is 11.7. The number of hydrogen-bond donors (Lipinski definition) is 1. The molecule has 0 aliphatic heterocycles. The number of hydrogen-bond acceptors (Lipinski definition) is 1. The Morgan fingerprint density at radius 2 is 1.69 bits per heavy atom. The molecular formula is C25H29N3O. The molecule has 0 fully saturated rings. The second-order valence-corrected chi connectivity index (χ2v) is 7.42. The number of carbonyl (C=O) groups is 1. The zero-order valence-electron chi connectivity index (χ0n) is 17.5. The van der Waals surface area contributed by atoms with Crippen molar-refractivity contribution in [2.45, 2.75) is 33.9 Å². The van der Waals surface area contributed by atoms with Crippen molar-refractivity contribution in [3.63, 3.8) is 0 Å². The maximum Gasteiger partial charge on any atom is 0.322 e. The Morgan fingerprint density at radius 1 is 1.00 bits per heavy atom. The molecule has 2 amide bonds. The number of amides is 2. The Labute approximate surface area is 173 Å². The number of nitrogens with one attached hydrogen (secondary N) is 1. The molecule has 29 heavy (non-hydrogen) atoms. The van der Waals surface area contributed by atoms with Gasteiger partial charge in [0.05, 0.1) is 6.54 Å². The van der Waals surface area contributed by atoms with Crippen molar-refractivity contribution < 1.29 is 4.79 Å². The Morgan fingerprint density at radius 3 is 2.38 bits per heavy atom.